The van der Waals surface area contributed by atoms with Gasteiger partial charge in [0.25, 0.3) is 0 Å². The summed E-state index contributed by atoms with van der Waals surface area (Å²) < 4.78 is 0. The maximum Gasteiger partial charge on any atom is 0.0753 e. The average Bonchev–Trinajstić information content (AvgIpc) is 2.21. The molecule has 0 spiro atoms. The highest BCUT2D eigenvalue weighted by molar-refractivity contribution is 4.54. The summed E-state index contributed by atoms with van der Waals surface area (Å²) >= 11 is 0. The molecule has 2 nitrogen and oxygen atoms in total. The van der Waals surface area contributed by atoms with Crippen LogP contribution in [0.4, 0.5) is 0 Å². The third-order valence-corrected chi connectivity index (χ3v) is 2.79. The predicted octanol–water partition coefficient (Wildman–Crippen LogP) is 1.38. The molecule has 0 aliphatic rings. The second-order valence-corrected chi connectivity index (χ2v) is 4.33. The summed E-state index contributed by atoms with van der Waals surface area (Å²) in [5.41, 5.74) is 0. The lowest BCUT2D eigenvalue weighted by Gasteiger charge is -2.09. The highest BCUT2D eigenvalue weighted by Gasteiger charge is 1.96. The van der Waals surface area contributed by atoms with E-state index in [-0.39, 0.29) is 0 Å². The Kier molecular flexibility index (Phi) is 10.9. The van der Waals surface area contributed by atoms with Crippen molar-refractivity contribution in [2.24, 2.45) is 5.92 Å². The number of hydrogen-bond acceptors (Lipinski definition) is 1. The second-order valence-electron chi connectivity index (χ2n) is 4.33. The second kappa shape index (κ2) is 11.0. The lowest BCUT2D eigenvalue weighted by molar-refractivity contribution is -0.627. The molecule has 0 radical (unpaired) electrons. The molecule has 0 bridgehead atoms. The summed E-state index contributed by atoms with van der Waals surface area (Å²) in [4.78, 5) is 0. The molecule has 0 saturated carbocycles. The Labute approximate surface area is 89.9 Å². The fraction of sp³-hybridized carbons (Fsp3) is 1.00. The SMILES string of the molecule is CCC(C)CNCCCCCC[NH2+]C. The number of quaternary nitrogens is 1. The van der Waals surface area contributed by atoms with Crippen molar-refractivity contribution in [3.05, 3.63) is 0 Å². The lowest BCUT2D eigenvalue weighted by atomic mass is 10.1. The van der Waals surface area contributed by atoms with E-state index in [1.54, 1.807) is 0 Å². The Morgan fingerprint density at radius 2 is 1.86 bits per heavy atom. The van der Waals surface area contributed by atoms with Gasteiger partial charge in [0.2, 0.25) is 0 Å². The fourth-order valence-electron chi connectivity index (χ4n) is 1.44. The number of nitrogens with two attached hydrogens (primary N) is 1. The normalized spacial score (nSPS) is 13.1. The first-order valence-corrected chi connectivity index (χ1v) is 6.29. The zero-order valence-corrected chi connectivity index (χ0v) is 10.3. The maximum atomic E-state index is 3.52. The number of rotatable bonds is 10. The van der Waals surface area contributed by atoms with E-state index in [0.717, 1.165) is 5.92 Å². The van der Waals surface area contributed by atoms with Gasteiger partial charge in [-0.15, -0.1) is 0 Å². The van der Waals surface area contributed by atoms with Gasteiger partial charge in [0.05, 0.1) is 13.6 Å². The van der Waals surface area contributed by atoms with E-state index < -0.39 is 0 Å². The van der Waals surface area contributed by atoms with E-state index in [9.17, 15) is 0 Å². The third kappa shape index (κ3) is 10.0. The molecule has 14 heavy (non-hydrogen) atoms. The molecule has 86 valence electrons. The largest absolute Gasteiger partial charge is 0.349 e. The molecule has 0 aromatic carbocycles. The third-order valence-electron chi connectivity index (χ3n) is 2.79. The number of unbranched alkanes of at least 4 members (excludes halogenated alkanes) is 3. The summed E-state index contributed by atoms with van der Waals surface area (Å²) in [6, 6.07) is 0. The maximum absolute atomic E-state index is 3.52. The number of hydrogen-bond donors (Lipinski definition) is 2. The first-order chi connectivity index (χ1) is 6.81. The highest BCUT2D eigenvalue weighted by Crippen LogP contribution is 1.99. The Bertz CT molecular complexity index is 104. The minimum absolute atomic E-state index is 0.838. The lowest BCUT2D eigenvalue weighted by Crippen LogP contribution is -2.79. The molecule has 0 saturated heterocycles. The van der Waals surface area contributed by atoms with Gasteiger partial charge in [0.15, 0.2) is 0 Å². The van der Waals surface area contributed by atoms with Crippen molar-refractivity contribution in [3.8, 4) is 0 Å². The molecule has 0 aromatic heterocycles. The Balaban J connectivity index is 2.92. The van der Waals surface area contributed by atoms with Crippen LogP contribution < -0.4 is 10.6 Å². The van der Waals surface area contributed by atoms with Crippen molar-refractivity contribution >= 4 is 0 Å². The van der Waals surface area contributed by atoms with Crippen LogP contribution >= 0.6 is 0 Å². The van der Waals surface area contributed by atoms with E-state index >= 15 is 0 Å². The number of nitrogens with one attached hydrogen (secondary N) is 1. The molecule has 1 atom stereocenters. The minimum atomic E-state index is 0.838. The summed E-state index contributed by atoms with van der Waals surface area (Å²) in [5.74, 6) is 0.838. The van der Waals surface area contributed by atoms with Crippen molar-refractivity contribution < 1.29 is 5.32 Å². The van der Waals surface area contributed by atoms with Gasteiger partial charge in [-0.2, -0.15) is 0 Å². The van der Waals surface area contributed by atoms with E-state index in [1.165, 1.54) is 51.7 Å². The monoisotopic (exact) mass is 201 g/mol. The van der Waals surface area contributed by atoms with Gasteiger partial charge in [-0.05, 0) is 38.3 Å². The van der Waals surface area contributed by atoms with Crippen molar-refractivity contribution in [3.63, 3.8) is 0 Å². The smallest absolute Gasteiger partial charge is 0.0753 e. The van der Waals surface area contributed by atoms with Crippen LogP contribution in [-0.4, -0.2) is 26.7 Å². The van der Waals surface area contributed by atoms with E-state index in [2.05, 4.69) is 31.5 Å². The molecule has 3 N–H and O–H groups in total. The molecular formula is C12H29N2+. The molecule has 0 rings (SSSR count). The van der Waals surface area contributed by atoms with Crippen LogP contribution in [0.5, 0.6) is 0 Å². The molecule has 0 fully saturated rings. The molecule has 0 aliphatic heterocycles. The van der Waals surface area contributed by atoms with Gasteiger partial charge in [0, 0.05) is 0 Å². The zero-order chi connectivity index (χ0) is 10.6. The van der Waals surface area contributed by atoms with Gasteiger partial charge in [-0.25, -0.2) is 0 Å². The van der Waals surface area contributed by atoms with Gasteiger partial charge >= 0.3 is 0 Å². The fourth-order valence-corrected chi connectivity index (χ4v) is 1.44. The van der Waals surface area contributed by atoms with Crippen LogP contribution in [0.3, 0.4) is 0 Å². The predicted molar refractivity (Wildman–Crippen MR) is 63.5 cm³/mol. The van der Waals surface area contributed by atoms with Crippen molar-refractivity contribution in [1.82, 2.24) is 5.32 Å². The van der Waals surface area contributed by atoms with Gasteiger partial charge in [-0.3, -0.25) is 0 Å². The molecular weight excluding hydrogens is 172 g/mol. The van der Waals surface area contributed by atoms with Crippen LogP contribution in [0.1, 0.15) is 46.0 Å². The van der Waals surface area contributed by atoms with Crippen LogP contribution in [-0.2, 0) is 0 Å². The van der Waals surface area contributed by atoms with Crippen molar-refractivity contribution in [2.75, 3.05) is 26.7 Å². The summed E-state index contributed by atoms with van der Waals surface area (Å²) in [7, 11) is 2.15. The van der Waals surface area contributed by atoms with Gasteiger partial charge < -0.3 is 10.6 Å². The van der Waals surface area contributed by atoms with Crippen LogP contribution in [0.25, 0.3) is 0 Å². The van der Waals surface area contributed by atoms with Gasteiger partial charge in [-0.1, -0.05) is 26.7 Å². The van der Waals surface area contributed by atoms with Crippen LogP contribution in [0.15, 0.2) is 0 Å². The van der Waals surface area contributed by atoms with E-state index in [4.69, 9.17) is 0 Å². The summed E-state index contributed by atoms with van der Waals surface area (Å²) in [5, 5.41) is 5.78. The first kappa shape index (κ1) is 13.9. The highest BCUT2D eigenvalue weighted by atomic mass is 14.8. The van der Waals surface area contributed by atoms with Gasteiger partial charge in [0.1, 0.15) is 0 Å². The van der Waals surface area contributed by atoms with Crippen LogP contribution in [0.2, 0.25) is 0 Å². The Morgan fingerprint density at radius 1 is 1.14 bits per heavy atom. The van der Waals surface area contributed by atoms with E-state index in [1.807, 2.05) is 0 Å². The van der Waals surface area contributed by atoms with Crippen LogP contribution in [0, 0.1) is 5.92 Å². The molecule has 1 unspecified atom stereocenters. The average molecular weight is 201 g/mol. The zero-order valence-electron chi connectivity index (χ0n) is 10.3. The quantitative estimate of drug-likeness (QED) is 0.514. The van der Waals surface area contributed by atoms with E-state index in [0.29, 0.717) is 0 Å². The van der Waals surface area contributed by atoms with Crippen molar-refractivity contribution in [1.29, 1.82) is 0 Å². The van der Waals surface area contributed by atoms with Crippen molar-refractivity contribution in [2.45, 2.75) is 46.0 Å². The molecule has 0 aliphatic carbocycles. The first-order valence-electron chi connectivity index (χ1n) is 6.29. The molecule has 2 heteroatoms. The minimum Gasteiger partial charge on any atom is -0.349 e. The standard InChI is InChI=1S/C12H28N2/c1-4-12(2)11-14-10-8-6-5-7-9-13-3/h12-14H,4-11H2,1-3H3/p+1. The summed E-state index contributed by atoms with van der Waals surface area (Å²) in [6.45, 7) is 8.26. The Hall–Kier alpha value is -0.0800. The topological polar surface area (TPSA) is 28.6 Å². The Morgan fingerprint density at radius 3 is 2.50 bits per heavy atom. The summed E-state index contributed by atoms with van der Waals surface area (Å²) in [6.07, 6.45) is 6.80. The molecule has 0 heterocycles. The molecule has 0 aromatic rings. The molecule has 0 amide bonds.